The van der Waals surface area contributed by atoms with Gasteiger partial charge in [0.05, 0.1) is 11.4 Å². The molecule has 2 aromatic heterocycles. The molecule has 0 N–H and O–H groups in total. The van der Waals surface area contributed by atoms with Crippen molar-refractivity contribution in [3.63, 3.8) is 0 Å². The molecule has 0 aliphatic heterocycles. The number of hydrogen-bond acceptors (Lipinski definition) is 2. The van der Waals surface area contributed by atoms with E-state index in [-0.39, 0.29) is 5.82 Å². The molecule has 2 aromatic carbocycles. The number of hydrogen-bond donors (Lipinski definition) is 0. The van der Waals surface area contributed by atoms with Crippen LogP contribution in [0.1, 0.15) is 24.2 Å². The molecule has 0 fully saturated rings. The fourth-order valence-electron chi connectivity index (χ4n) is 3.65. The Morgan fingerprint density at radius 2 is 1.66 bits per heavy atom. The highest BCUT2D eigenvalue weighted by Crippen LogP contribution is 2.33. The monoisotopic (exact) mass is 443 g/mol. The summed E-state index contributed by atoms with van der Waals surface area (Å²) in [6.07, 6.45) is 6.02. The van der Waals surface area contributed by atoms with Crippen LogP contribution in [-0.2, 0) is 13.0 Å². The van der Waals surface area contributed by atoms with Gasteiger partial charge in [0.1, 0.15) is 5.82 Å². The number of alkyl halides is 1. The van der Waals surface area contributed by atoms with Crippen LogP contribution >= 0.6 is 11.6 Å². The third-order valence-corrected chi connectivity index (χ3v) is 5.34. The molecule has 3 nitrogen and oxygen atoms in total. The normalized spacial score (nSPS) is 10.6. The largest absolute Gasteiger partial charge is 0.317 e. The topological polar surface area (TPSA) is 30.7 Å². The number of aromatic nitrogens is 3. The summed E-state index contributed by atoms with van der Waals surface area (Å²) < 4.78 is 15.7. The minimum absolute atomic E-state index is 0.274. The predicted molar refractivity (Wildman–Crippen MR) is 128 cm³/mol. The van der Waals surface area contributed by atoms with Gasteiger partial charge in [-0.3, -0.25) is 4.98 Å². The third-order valence-electron chi connectivity index (χ3n) is 5.15. The van der Waals surface area contributed by atoms with Crippen LogP contribution in [0.25, 0.3) is 22.5 Å². The van der Waals surface area contributed by atoms with Crippen molar-refractivity contribution in [3.05, 3.63) is 96.3 Å². The molecule has 0 atom stereocenters. The Kier molecular flexibility index (Phi) is 7.32. The Morgan fingerprint density at radius 3 is 2.38 bits per heavy atom. The Morgan fingerprint density at radius 1 is 0.906 bits per heavy atom. The maximum absolute atomic E-state index is 13.6. The van der Waals surface area contributed by atoms with Gasteiger partial charge in [-0.1, -0.05) is 36.3 Å². The molecule has 0 aliphatic rings. The Bertz CT molecular complexity index is 1210. The molecule has 32 heavy (non-hydrogen) atoms. The van der Waals surface area contributed by atoms with E-state index in [1.54, 1.807) is 24.5 Å². The number of benzene rings is 2. The zero-order valence-electron chi connectivity index (χ0n) is 17.6. The van der Waals surface area contributed by atoms with Gasteiger partial charge in [-0.15, -0.1) is 11.6 Å². The average molecular weight is 444 g/mol. The van der Waals surface area contributed by atoms with Crippen LogP contribution < -0.4 is 0 Å². The van der Waals surface area contributed by atoms with Crippen molar-refractivity contribution in [2.45, 2.75) is 25.8 Å². The second-order valence-electron chi connectivity index (χ2n) is 7.36. The zero-order valence-corrected chi connectivity index (χ0v) is 18.4. The molecule has 0 radical (unpaired) electrons. The van der Waals surface area contributed by atoms with Gasteiger partial charge in [0.15, 0.2) is 5.82 Å². The summed E-state index contributed by atoms with van der Waals surface area (Å²) in [6, 6.07) is 20.8. The Balaban J connectivity index is 1.78. The molecule has 0 bridgehead atoms. The summed E-state index contributed by atoms with van der Waals surface area (Å²) in [6.45, 7) is 0.756. The van der Waals surface area contributed by atoms with Gasteiger partial charge >= 0.3 is 0 Å². The summed E-state index contributed by atoms with van der Waals surface area (Å²) in [5, 5.41) is 0. The third kappa shape index (κ3) is 5.25. The van der Waals surface area contributed by atoms with E-state index >= 15 is 0 Å². The van der Waals surface area contributed by atoms with Crippen LogP contribution in [0.4, 0.5) is 4.39 Å². The fraction of sp³-hybridized carbons (Fsp3) is 0.185. The van der Waals surface area contributed by atoms with E-state index in [9.17, 15) is 4.39 Å². The van der Waals surface area contributed by atoms with Crippen molar-refractivity contribution >= 4 is 11.6 Å². The van der Waals surface area contributed by atoms with Crippen LogP contribution in [0.2, 0.25) is 0 Å². The average Bonchev–Trinajstić information content (AvgIpc) is 3.19. The van der Waals surface area contributed by atoms with Crippen molar-refractivity contribution in [1.82, 2.24) is 14.5 Å². The molecule has 0 unspecified atom stereocenters. The quantitative estimate of drug-likeness (QED) is 0.245. The molecule has 0 saturated carbocycles. The standard InChI is InChI=1S/C27H23ClFN3/c28-17-5-4-10-25-31-26(22-11-13-24(29)14-12-22)27(23-15-18-30-19-16-23)32(25)20-6-9-21-7-2-1-3-8-21/h1-3,7-8,11-16,18-19H,5-6,9,17,20H2. The Labute approximate surface area is 192 Å². The van der Waals surface area contributed by atoms with Crippen molar-refractivity contribution in [3.8, 4) is 34.4 Å². The lowest BCUT2D eigenvalue weighted by Gasteiger charge is -2.12. The number of pyridine rings is 1. The van der Waals surface area contributed by atoms with Crippen LogP contribution in [0.3, 0.4) is 0 Å². The van der Waals surface area contributed by atoms with Crippen molar-refractivity contribution in [2.75, 3.05) is 5.88 Å². The van der Waals surface area contributed by atoms with Gasteiger partial charge in [-0.05, 0) is 60.7 Å². The van der Waals surface area contributed by atoms with Gasteiger partial charge in [0.2, 0.25) is 0 Å². The predicted octanol–water partition coefficient (Wildman–Crippen LogP) is 6.36. The van der Waals surface area contributed by atoms with Crippen molar-refractivity contribution in [1.29, 1.82) is 0 Å². The lowest BCUT2D eigenvalue weighted by molar-refractivity contribution is 0.628. The molecule has 2 heterocycles. The first-order valence-electron chi connectivity index (χ1n) is 10.6. The molecule has 5 heteroatoms. The van der Waals surface area contributed by atoms with Crippen molar-refractivity contribution < 1.29 is 4.39 Å². The van der Waals surface area contributed by atoms with Gasteiger partial charge in [-0.25, -0.2) is 9.37 Å². The lowest BCUT2D eigenvalue weighted by atomic mass is 10.1. The summed E-state index contributed by atoms with van der Waals surface area (Å²) in [4.78, 5) is 9.05. The van der Waals surface area contributed by atoms with E-state index < -0.39 is 0 Å². The zero-order chi connectivity index (χ0) is 22.2. The molecule has 0 amide bonds. The molecule has 160 valence electrons. The van der Waals surface area contributed by atoms with Crippen molar-refractivity contribution in [2.24, 2.45) is 0 Å². The number of rotatable bonds is 7. The maximum atomic E-state index is 13.6. The van der Waals surface area contributed by atoms with E-state index in [1.807, 2.05) is 18.2 Å². The molecule has 0 aliphatic carbocycles. The molecule has 0 saturated heterocycles. The van der Waals surface area contributed by atoms with E-state index in [4.69, 9.17) is 16.6 Å². The summed E-state index contributed by atoms with van der Waals surface area (Å²) >= 11 is 5.83. The van der Waals surface area contributed by atoms with Crippen LogP contribution in [0.5, 0.6) is 0 Å². The number of aryl methyl sites for hydroxylation is 1. The van der Waals surface area contributed by atoms with Crippen LogP contribution in [0, 0.1) is 17.7 Å². The molecular weight excluding hydrogens is 421 g/mol. The van der Waals surface area contributed by atoms with E-state index in [0.29, 0.717) is 18.1 Å². The van der Waals surface area contributed by atoms with E-state index in [2.05, 4.69) is 45.7 Å². The first-order chi connectivity index (χ1) is 15.8. The molecule has 0 spiro atoms. The second kappa shape index (κ2) is 10.7. The highest BCUT2D eigenvalue weighted by Gasteiger charge is 2.19. The Hall–Kier alpha value is -3.42. The summed E-state index contributed by atoms with van der Waals surface area (Å²) in [5.74, 6) is 7.21. The number of halogens is 2. The number of nitrogens with zero attached hydrogens (tertiary/aromatic N) is 3. The molecular formula is C27H23ClFN3. The van der Waals surface area contributed by atoms with E-state index in [1.165, 1.54) is 17.7 Å². The maximum Gasteiger partial charge on any atom is 0.186 e. The highest BCUT2D eigenvalue weighted by atomic mass is 35.5. The van der Waals surface area contributed by atoms with Gasteiger partial charge in [0, 0.05) is 42.4 Å². The van der Waals surface area contributed by atoms with Gasteiger partial charge in [-0.2, -0.15) is 0 Å². The van der Waals surface area contributed by atoms with E-state index in [0.717, 1.165) is 41.9 Å². The van der Waals surface area contributed by atoms with Gasteiger partial charge < -0.3 is 4.57 Å². The van der Waals surface area contributed by atoms with Crippen LogP contribution in [-0.4, -0.2) is 20.4 Å². The first kappa shape index (κ1) is 21.8. The first-order valence-corrected chi connectivity index (χ1v) is 11.2. The summed E-state index contributed by atoms with van der Waals surface area (Å²) in [5.41, 5.74) is 4.89. The molecule has 4 aromatic rings. The highest BCUT2D eigenvalue weighted by molar-refractivity contribution is 6.18. The molecule has 4 rings (SSSR count). The minimum Gasteiger partial charge on any atom is -0.317 e. The van der Waals surface area contributed by atoms with Gasteiger partial charge in [0.25, 0.3) is 0 Å². The fourth-order valence-corrected chi connectivity index (χ4v) is 3.75. The summed E-state index contributed by atoms with van der Waals surface area (Å²) in [7, 11) is 0. The lowest BCUT2D eigenvalue weighted by Crippen LogP contribution is -2.05. The minimum atomic E-state index is -0.274. The SMILES string of the molecule is Fc1ccc(-c2nc(C#CCCCl)n(CCCc3ccccc3)c2-c2ccncc2)cc1. The second-order valence-corrected chi connectivity index (χ2v) is 7.73. The van der Waals surface area contributed by atoms with Crippen LogP contribution in [0.15, 0.2) is 79.1 Å². The number of imidazole rings is 1. The smallest absolute Gasteiger partial charge is 0.186 e.